The molecule has 0 spiro atoms. The Bertz CT molecular complexity index is 1220. The minimum atomic E-state index is -3.36. The van der Waals surface area contributed by atoms with Gasteiger partial charge in [-0.1, -0.05) is 0 Å². The second-order valence-electron chi connectivity index (χ2n) is 6.43. The average Bonchev–Trinajstić information content (AvgIpc) is 2.75. The number of phenolic OH excluding ortho intramolecular Hbond substituents is 2. The number of nitrogens with zero attached hydrogens (tertiary/aromatic N) is 4. The summed E-state index contributed by atoms with van der Waals surface area (Å²) in [6.45, 7) is 1.99. The summed E-state index contributed by atoms with van der Waals surface area (Å²) in [5.41, 5.74) is -6.57. The number of nitro groups is 2. The molecule has 182 valence electrons. The second-order valence-corrected chi connectivity index (χ2v) is 8.50. The molecule has 4 N–H and O–H groups in total. The molecular formula is C16H12N4O14Pb+2. The van der Waals surface area contributed by atoms with Gasteiger partial charge in [0.05, 0.1) is 0 Å². The molecule has 2 rings (SSSR count). The molecule has 0 aliphatic rings. The zero-order chi connectivity index (χ0) is 26.8. The summed E-state index contributed by atoms with van der Waals surface area (Å²) >= 11 is -3.36. The molecule has 0 bridgehead atoms. The van der Waals surface area contributed by atoms with E-state index in [-0.39, 0.29) is 0 Å². The number of carboxylic acid groups (broad SMARTS) is 2. The Kier molecular flexibility index (Phi) is 7.79. The summed E-state index contributed by atoms with van der Waals surface area (Å²) in [5.74, 6) is -5.49. The van der Waals surface area contributed by atoms with Crippen LogP contribution in [0.15, 0.2) is 12.1 Å². The molecule has 0 unspecified atom stereocenters. The average molecular weight is 691 g/mol. The van der Waals surface area contributed by atoms with Gasteiger partial charge in [-0.25, -0.2) is 0 Å². The number of carbonyl (C=O) groups is 2. The molecule has 2 aromatic carbocycles. The van der Waals surface area contributed by atoms with Crippen LogP contribution in [0, 0.1) is 43.9 Å². The van der Waals surface area contributed by atoms with Crippen LogP contribution in [0.1, 0.15) is 31.8 Å². The van der Waals surface area contributed by atoms with Gasteiger partial charge in [-0.15, -0.1) is 0 Å². The van der Waals surface area contributed by atoms with Gasteiger partial charge in [0.15, 0.2) is 0 Å². The number of carboxylic acids is 2. The number of phenols is 2. The van der Waals surface area contributed by atoms with Gasteiger partial charge in [0, 0.05) is 0 Å². The third-order valence-corrected chi connectivity index (χ3v) is 6.33. The Hall–Kier alpha value is -4.50. The monoisotopic (exact) mass is 692 g/mol. The van der Waals surface area contributed by atoms with Crippen molar-refractivity contribution in [3.63, 3.8) is 0 Å². The Morgan fingerprint density at radius 1 is 0.743 bits per heavy atom. The number of hydrogen-bond acceptors (Lipinski definition) is 12. The summed E-state index contributed by atoms with van der Waals surface area (Å²) in [7, 11) is 0. The second kappa shape index (κ2) is 10.2. The molecule has 2 aromatic rings. The molecule has 0 atom stereocenters. The van der Waals surface area contributed by atoms with Gasteiger partial charge in [-0.3, -0.25) is 0 Å². The van der Waals surface area contributed by atoms with Crippen molar-refractivity contribution in [2.75, 3.05) is 0 Å². The summed E-state index contributed by atoms with van der Waals surface area (Å²) in [4.78, 5) is 66.6. The van der Waals surface area contributed by atoms with Crippen LogP contribution in [0.4, 0.5) is 22.7 Å². The standard InChI is InChI=1S/2C8H6N2O7.Pb/c2*1-3-6(8(12)13)4(9(14)15)2-5(7(3)11)10(16)17;/h2*2,11H,1H3,(H,12,13);/q;;+2. The van der Waals surface area contributed by atoms with Gasteiger partial charge in [0.1, 0.15) is 0 Å². The van der Waals surface area contributed by atoms with E-state index in [1.54, 1.807) is 0 Å². The SMILES string of the molecule is Cc1c(O)c([N+](=O)[O-])cc([N+](=O)[O][Pb][O][N+](=O)c2cc([N+](=O)[O-])c(O)c(C)c2C(=O)O)c1C(=O)O. The van der Waals surface area contributed by atoms with Crippen LogP contribution in [0.3, 0.4) is 0 Å². The van der Waals surface area contributed by atoms with Gasteiger partial charge in [0.2, 0.25) is 0 Å². The molecule has 0 fully saturated rings. The van der Waals surface area contributed by atoms with Crippen LogP contribution < -0.4 is 0 Å². The Balaban J connectivity index is 2.36. The van der Waals surface area contributed by atoms with Gasteiger partial charge >= 0.3 is 205 Å². The van der Waals surface area contributed by atoms with E-state index in [2.05, 4.69) is 5.58 Å². The van der Waals surface area contributed by atoms with E-state index in [9.17, 15) is 60.1 Å². The van der Waals surface area contributed by atoms with Crippen LogP contribution in [0.25, 0.3) is 0 Å². The van der Waals surface area contributed by atoms with Crippen molar-refractivity contribution in [3.8, 4) is 11.5 Å². The summed E-state index contributed by atoms with van der Waals surface area (Å²) < 4.78 is 9.37. The first kappa shape index (κ1) is 26.8. The van der Waals surface area contributed by atoms with Gasteiger partial charge in [0.25, 0.3) is 0 Å². The number of rotatable bonds is 10. The van der Waals surface area contributed by atoms with Crippen LogP contribution in [0.2, 0.25) is 0 Å². The molecule has 2 radical (unpaired) electrons. The number of aromatic carboxylic acids is 2. The fourth-order valence-electron chi connectivity index (χ4n) is 2.83. The summed E-state index contributed by atoms with van der Waals surface area (Å²) in [6.07, 6.45) is 0. The predicted molar refractivity (Wildman–Crippen MR) is 107 cm³/mol. The molecule has 0 aliphatic carbocycles. The topological polar surface area (TPSA) is 260 Å². The molecule has 19 heteroatoms. The molecule has 0 aliphatic heterocycles. The van der Waals surface area contributed by atoms with E-state index in [0.717, 1.165) is 13.8 Å². The van der Waals surface area contributed by atoms with Gasteiger partial charge in [-0.2, -0.15) is 0 Å². The number of aromatic hydroxyl groups is 2. The van der Waals surface area contributed by atoms with Crippen LogP contribution in [-0.2, 0) is 5.58 Å². The first-order valence-corrected chi connectivity index (χ1v) is 11.9. The molecule has 0 amide bonds. The van der Waals surface area contributed by atoms with Gasteiger partial charge in [-0.05, 0) is 0 Å². The van der Waals surface area contributed by atoms with Crippen molar-refractivity contribution < 1.29 is 55.3 Å². The minimum absolute atomic E-state index is 0.423. The summed E-state index contributed by atoms with van der Waals surface area (Å²) in [5, 5.41) is 60.4. The summed E-state index contributed by atoms with van der Waals surface area (Å²) in [6, 6.07) is 0.846. The first-order chi connectivity index (χ1) is 16.2. The van der Waals surface area contributed by atoms with E-state index in [4.69, 9.17) is 0 Å². The molecule has 35 heavy (non-hydrogen) atoms. The quantitative estimate of drug-likeness (QED) is 0.157. The van der Waals surface area contributed by atoms with Crippen molar-refractivity contribution >= 4 is 59.8 Å². The van der Waals surface area contributed by atoms with E-state index in [1.165, 1.54) is 0 Å². The predicted octanol–water partition coefficient (Wildman–Crippen LogP) is 1.85. The van der Waals surface area contributed by atoms with E-state index < -0.39 is 113 Å². The Morgan fingerprint density at radius 2 is 1.06 bits per heavy atom. The van der Waals surface area contributed by atoms with Crippen LogP contribution in [-0.4, -0.2) is 77.2 Å². The fraction of sp³-hybridized carbons (Fsp3) is 0.125. The molecule has 0 saturated carbocycles. The first-order valence-electron chi connectivity index (χ1n) is 8.72. The molecule has 18 nitrogen and oxygen atoms in total. The normalized spacial score (nSPS) is 10.3. The maximum absolute atomic E-state index is 12.3. The fourth-order valence-corrected chi connectivity index (χ4v) is 4.25. The zero-order valence-corrected chi connectivity index (χ0v) is 21.2. The maximum atomic E-state index is 12.3. The van der Waals surface area contributed by atoms with Crippen molar-refractivity contribution in [3.05, 3.63) is 64.4 Å². The Morgan fingerprint density at radius 3 is 1.31 bits per heavy atom. The van der Waals surface area contributed by atoms with Gasteiger partial charge < -0.3 is 0 Å². The molecule has 0 aromatic heterocycles. The third-order valence-electron chi connectivity index (χ3n) is 4.46. The number of nitro benzene ring substituents is 2. The molecule has 0 heterocycles. The molecular weight excluding hydrogens is 679 g/mol. The third kappa shape index (κ3) is 5.20. The van der Waals surface area contributed by atoms with E-state index >= 15 is 0 Å². The van der Waals surface area contributed by atoms with E-state index in [1.807, 2.05) is 0 Å². The number of benzene rings is 2. The van der Waals surface area contributed by atoms with Crippen molar-refractivity contribution in [1.82, 2.24) is 0 Å². The Labute approximate surface area is 204 Å². The van der Waals surface area contributed by atoms with Crippen molar-refractivity contribution in [1.29, 1.82) is 0 Å². The zero-order valence-electron chi connectivity index (χ0n) is 17.3. The van der Waals surface area contributed by atoms with Crippen molar-refractivity contribution in [2.45, 2.75) is 13.8 Å². The van der Waals surface area contributed by atoms with E-state index in [0.29, 0.717) is 12.1 Å². The van der Waals surface area contributed by atoms with Crippen LogP contribution in [0.5, 0.6) is 11.5 Å². The molecule has 0 saturated heterocycles. The number of hydrogen-bond donors (Lipinski definition) is 4. The van der Waals surface area contributed by atoms with Crippen molar-refractivity contribution in [2.24, 2.45) is 0 Å². The van der Waals surface area contributed by atoms with Crippen LogP contribution >= 0.6 is 0 Å².